The van der Waals surface area contributed by atoms with Gasteiger partial charge in [-0.25, -0.2) is 0 Å². The highest BCUT2D eigenvalue weighted by molar-refractivity contribution is 6.30. The Balaban J connectivity index is 1.62. The van der Waals surface area contributed by atoms with E-state index in [9.17, 15) is 9.59 Å². The van der Waals surface area contributed by atoms with Crippen molar-refractivity contribution in [3.8, 4) is 5.75 Å². The van der Waals surface area contributed by atoms with Crippen LogP contribution in [0.3, 0.4) is 0 Å². The summed E-state index contributed by atoms with van der Waals surface area (Å²) in [4.78, 5) is 25.4. The molecule has 124 valence electrons. The summed E-state index contributed by atoms with van der Waals surface area (Å²) in [7, 11) is 1.70. The number of hydrogen-bond donors (Lipinski definition) is 1. The molecule has 0 saturated carbocycles. The Morgan fingerprint density at radius 1 is 1.21 bits per heavy atom. The minimum atomic E-state index is -0.105. The van der Waals surface area contributed by atoms with Crippen LogP contribution in [-0.2, 0) is 22.6 Å². The summed E-state index contributed by atoms with van der Waals surface area (Å²) in [6, 6.07) is 12.8. The summed E-state index contributed by atoms with van der Waals surface area (Å²) in [5, 5.41) is 3.54. The average molecular weight is 345 g/mol. The van der Waals surface area contributed by atoms with E-state index in [1.165, 1.54) is 0 Å². The van der Waals surface area contributed by atoms with Crippen LogP contribution in [0.4, 0.5) is 5.69 Å². The first kappa shape index (κ1) is 16.3. The van der Waals surface area contributed by atoms with Crippen molar-refractivity contribution in [3.05, 3.63) is 58.6 Å². The fourth-order valence-corrected chi connectivity index (χ4v) is 2.60. The molecule has 5 nitrogen and oxygen atoms in total. The first-order chi connectivity index (χ1) is 11.5. The Morgan fingerprint density at radius 2 is 1.92 bits per heavy atom. The number of halogens is 1. The molecular formula is C18H17ClN2O3. The predicted octanol–water partition coefficient (Wildman–Crippen LogP) is 2.55. The summed E-state index contributed by atoms with van der Waals surface area (Å²) in [6.45, 7) is 0.493. The molecule has 0 bridgehead atoms. The quantitative estimate of drug-likeness (QED) is 0.927. The number of anilines is 1. The zero-order chi connectivity index (χ0) is 17.1. The number of amides is 2. The summed E-state index contributed by atoms with van der Waals surface area (Å²) < 4.78 is 5.38. The van der Waals surface area contributed by atoms with Gasteiger partial charge >= 0.3 is 0 Å². The van der Waals surface area contributed by atoms with Crippen molar-refractivity contribution in [1.82, 2.24) is 5.32 Å². The molecule has 1 aliphatic rings. The number of ether oxygens (including phenoxy) is 1. The SMILES string of the molecule is CN1C(=O)COc2ccc(CC(=O)NCc3ccc(Cl)cc3)cc21. The molecule has 0 aliphatic carbocycles. The zero-order valence-electron chi connectivity index (χ0n) is 13.2. The number of carbonyl (C=O) groups excluding carboxylic acids is 2. The molecule has 0 aromatic heterocycles. The van der Waals surface area contributed by atoms with Gasteiger partial charge in [-0.15, -0.1) is 0 Å². The number of fused-ring (bicyclic) bond motifs is 1. The lowest BCUT2D eigenvalue weighted by Gasteiger charge is -2.26. The minimum Gasteiger partial charge on any atom is -0.482 e. The molecule has 0 atom stereocenters. The molecule has 0 fully saturated rings. The molecule has 2 aromatic rings. The van der Waals surface area contributed by atoms with E-state index in [1.807, 2.05) is 24.3 Å². The van der Waals surface area contributed by atoms with E-state index < -0.39 is 0 Å². The van der Waals surface area contributed by atoms with Crippen molar-refractivity contribution in [2.24, 2.45) is 0 Å². The van der Waals surface area contributed by atoms with Crippen molar-refractivity contribution in [2.45, 2.75) is 13.0 Å². The third-order valence-corrected chi connectivity index (χ3v) is 4.13. The number of rotatable bonds is 4. The maximum Gasteiger partial charge on any atom is 0.264 e. The van der Waals surface area contributed by atoms with Crippen LogP contribution in [-0.4, -0.2) is 25.5 Å². The Bertz CT molecular complexity index is 774. The first-order valence-corrected chi connectivity index (χ1v) is 7.94. The number of likely N-dealkylation sites (N-methyl/N-ethyl adjacent to an activating group) is 1. The normalized spacial score (nSPS) is 13.2. The molecule has 0 spiro atoms. The van der Waals surface area contributed by atoms with E-state index in [0.717, 1.165) is 11.1 Å². The highest BCUT2D eigenvalue weighted by atomic mass is 35.5. The Hall–Kier alpha value is -2.53. The molecular weight excluding hydrogens is 328 g/mol. The van der Waals surface area contributed by atoms with Crippen molar-refractivity contribution in [3.63, 3.8) is 0 Å². The van der Waals surface area contributed by atoms with Gasteiger partial charge in [0, 0.05) is 18.6 Å². The van der Waals surface area contributed by atoms with Crippen LogP contribution in [0.5, 0.6) is 5.75 Å². The van der Waals surface area contributed by atoms with Gasteiger partial charge in [-0.1, -0.05) is 29.8 Å². The van der Waals surface area contributed by atoms with Gasteiger partial charge in [-0.05, 0) is 35.4 Å². The summed E-state index contributed by atoms with van der Waals surface area (Å²) in [6.07, 6.45) is 0.239. The van der Waals surface area contributed by atoms with Crippen molar-refractivity contribution < 1.29 is 14.3 Å². The molecule has 1 N–H and O–H groups in total. The van der Waals surface area contributed by atoms with Crippen LogP contribution in [0.15, 0.2) is 42.5 Å². The maximum absolute atomic E-state index is 12.1. The molecule has 1 heterocycles. The highest BCUT2D eigenvalue weighted by Gasteiger charge is 2.22. The largest absolute Gasteiger partial charge is 0.482 e. The molecule has 2 amide bonds. The fourth-order valence-electron chi connectivity index (χ4n) is 2.48. The van der Waals surface area contributed by atoms with Gasteiger partial charge < -0.3 is 15.0 Å². The Kier molecular flexibility index (Phi) is 4.71. The van der Waals surface area contributed by atoms with Crippen LogP contribution in [0.2, 0.25) is 5.02 Å². The standard InChI is InChI=1S/C18H17ClN2O3/c1-21-15-8-13(4-7-16(15)24-11-18(21)23)9-17(22)20-10-12-2-5-14(19)6-3-12/h2-8H,9-11H2,1H3,(H,20,22). The van der Waals surface area contributed by atoms with Crippen molar-refractivity contribution in [2.75, 3.05) is 18.6 Å². The third kappa shape index (κ3) is 3.68. The lowest BCUT2D eigenvalue weighted by Crippen LogP contribution is -2.35. The number of carbonyl (C=O) groups is 2. The molecule has 0 unspecified atom stereocenters. The summed E-state index contributed by atoms with van der Waals surface area (Å²) in [5.74, 6) is 0.463. The van der Waals surface area contributed by atoms with Crippen LogP contribution in [0.1, 0.15) is 11.1 Å². The molecule has 24 heavy (non-hydrogen) atoms. The van der Waals surface area contributed by atoms with E-state index in [0.29, 0.717) is 23.0 Å². The van der Waals surface area contributed by atoms with Gasteiger partial charge in [0.2, 0.25) is 5.91 Å². The first-order valence-electron chi connectivity index (χ1n) is 7.56. The van der Waals surface area contributed by atoms with Gasteiger partial charge in [-0.2, -0.15) is 0 Å². The average Bonchev–Trinajstić information content (AvgIpc) is 2.58. The Morgan fingerprint density at radius 3 is 2.67 bits per heavy atom. The predicted molar refractivity (Wildman–Crippen MR) is 92.3 cm³/mol. The number of benzene rings is 2. The monoisotopic (exact) mass is 344 g/mol. The van der Waals surface area contributed by atoms with Crippen LogP contribution >= 0.6 is 11.6 Å². The van der Waals surface area contributed by atoms with Crippen molar-refractivity contribution >= 4 is 29.1 Å². The van der Waals surface area contributed by atoms with E-state index >= 15 is 0 Å². The maximum atomic E-state index is 12.1. The number of hydrogen-bond acceptors (Lipinski definition) is 3. The van der Waals surface area contributed by atoms with Gasteiger partial charge in [-0.3, -0.25) is 9.59 Å². The van der Waals surface area contributed by atoms with E-state index in [4.69, 9.17) is 16.3 Å². The van der Waals surface area contributed by atoms with E-state index in [2.05, 4.69) is 5.32 Å². The second-order valence-corrected chi connectivity index (χ2v) is 6.06. The number of nitrogens with zero attached hydrogens (tertiary/aromatic N) is 1. The molecule has 2 aromatic carbocycles. The van der Waals surface area contributed by atoms with Gasteiger partial charge in [0.15, 0.2) is 6.61 Å². The molecule has 0 radical (unpaired) electrons. The summed E-state index contributed by atoms with van der Waals surface area (Å²) in [5.41, 5.74) is 2.50. The van der Waals surface area contributed by atoms with Crippen LogP contribution < -0.4 is 15.0 Å². The van der Waals surface area contributed by atoms with Crippen LogP contribution in [0.25, 0.3) is 0 Å². The van der Waals surface area contributed by atoms with E-state index in [-0.39, 0.29) is 24.8 Å². The second-order valence-electron chi connectivity index (χ2n) is 5.62. The topological polar surface area (TPSA) is 58.6 Å². The van der Waals surface area contributed by atoms with Gasteiger partial charge in [0.1, 0.15) is 5.75 Å². The molecule has 0 saturated heterocycles. The second kappa shape index (κ2) is 6.93. The summed E-state index contributed by atoms with van der Waals surface area (Å²) >= 11 is 5.84. The molecule has 6 heteroatoms. The number of nitrogens with one attached hydrogen (secondary N) is 1. The smallest absolute Gasteiger partial charge is 0.264 e. The Labute approximate surface area is 145 Å². The van der Waals surface area contributed by atoms with Crippen LogP contribution in [0, 0.1) is 0 Å². The lowest BCUT2D eigenvalue weighted by molar-refractivity contribution is -0.121. The van der Waals surface area contributed by atoms with Gasteiger partial charge in [0.25, 0.3) is 5.91 Å². The molecule has 1 aliphatic heterocycles. The molecule has 3 rings (SSSR count). The minimum absolute atomic E-state index is 0.0461. The van der Waals surface area contributed by atoms with E-state index in [1.54, 1.807) is 30.1 Å². The fraction of sp³-hybridized carbons (Fsp3) is 0.222. The highest BCUT2D eigenvalue weighted by Crippen LogP contribution is 2.32. The lowest BCUT2D eigenvalue weighted by atomic mass is 10.1. The van der Waals surface area contributed by atoms with Gasteiger partial charge in [0.05, 0.1) is 12.1 Å². The third-order valence-electron chi connectivity index (χ3n) is 3.88. The zero-order valence-corrected chi connectivity index (χ0v) is 14.0. The van der Waals surface area contributed by atoms with Crippen molar-refractivity contribution in [1.29, 1.82) is 0 Å².